The number of ether oxygens (including phenoxy) is 1. The van der Waals surface area contributed by atoms with Crippen LogP contribution in [0.15, 0.2) is 66.2 Å². The SMILES string of the molecule is Cc1cc(/C=C(\C#N)C(=O)Nc2ccc(Cl)cc2)cc(C)c1OCc1ccc(Cl)cc1. The Morgan fingerprint density at radius 3 is 2.10 bits per heavy atom. The van der Waals surface area contributed by atoms with Gasteiger partial charge in [0.1, 0.15) is 24.0 Å². The molecule has 0 heterocycles. The first-order valence-electron chi connectivity index (χ1n) is 9.53. The van der Waals surface area contributed by atoms with Gasteiger partial charge in [0.2, 0.25) is 0 Å². The lowest BCUT2D eigenvalue weighted by Gasteiger charge is -2.13. The van der Waals surface area contributed by atoms with Crippen molar-refractivity contribution in [2.24, 2.45) is 0 Å². The van der Waals surface area contributed by atoms with E-state index in [9.17, 15) is 10.1 Å². The van der Waals surface area contributed by atoms with Gasteiger partial charge >= 0.3 is 0 Å². The van der Waals surface area contributed by atoms with Crippen LogP contribution in [0.5, 0.6) is 5.75 Å². The lowest BCUT2D eigenvalue weighted by atomic mass is 10.0. The normalized spacial score (nSPS) is 11.0. The molecule has 0 aromatic heterocycles. The molecule has 0 fully saturated rings. The molecule has 6 heteroatoms. The first-order valence-corrected chi connectivity index (χ1v) is 10.3. The fourth-order valence-electron chi connectivity index (χ4n) is 3.08. The number of hydrogen-bond acceptors (Lipinski definition) is 3. The third-order valence-electron chi connectivity index (χ3n) is 4.56. The number of nitriles is 1. The maximum absolute atomic E-state index is 12.5. The molecule has 0 radical (unpaired) electrons. The number of rotatable bonds is 6. The molecule has 0 aliphatic heterocycles. The molecular formula is C25H20Cl2N2O2. The Bertz CT molecular complexity index is 1140. The zero-order chi connectivity index (χ0) is 22.4. The summed E-state index contributed by atoms with van der Waals surface area (Å²) < 4.78 is 6.00. The molecule has 0 saturated heterocycles. The zero-order valence-electron chi connectivity index (χ0n) is 17.1. The molecule has 31 heavy (non-hydrogen) atoms. The number of benzene rings is 3. The van der Waals surface area contributed by atoms with Gasteiger partial charge in [0.15, 0.2) is 0 Å². The molecule has 0 bridgehead atoms. The molecule has 0 aliphatic rings. The van der Waals surface area contributed by atoms with E-state index < -0.39 is 5.91 Å². The first-order chi connectivity index (χ1) is 14.9. The lowest BCUT2D eigenvalue weighted by Crippen LogP contribution is -2.13. The average Bonchev–Trinajstić information content (AvgIpc) is 2.74. The summed E-state index contributed by atoms with van der Waals surface area (Å²) in [5.41, 5.74) is 4.15. The second-order valence-electron chi connectivity index (χ2n) is 7.03. The van der Waals surface area contributed by atoms with Gasteiger partial charge in [-0.2, -0.15) is 5.26 Å². The summed E-state index contributed by atoms with van der Waals surface area (Å²) in [5.74, 6) is 0.291. The highest BCUT2D eigenvalue weighted by Gasteiger charge is 2.12. The molecule has 4 nitrogen and oxygen atoms in total. The molecule has 0 atom stereocenters. The van der Waals surface area contributed by atoms with Gasteiger partial charge in [0.05, 0.1) is 0 Å². The van der Waals surface area contributed by atoms with E-state index in [2.05, 4.69) is 5.32 Å². The maximum atomic E-state index is 12.5. The number of anilines is 1. The third kappa shape index (κ3) is 6.11. The number of carbonyl (C=O) groups is 1. The Hall–Kier alpha value is -3.26. The molecule has 3 aromatic carbocycles. The molecule has 3 rings (SSSR count). The van der Waals surface area contributed by atoms with Crippen molar-refractivity contribution in [2.45, 2.75) is 20.5 Å². The number of halogens is 2. The van der Waals surface area contributed by atoms with Gasteiger partial charge in [-0.05, 0) is 90.7 Å². The highest BCUT2D eigenvalue weighted by Crippen LogP contribution is 2.27. The van der Waals surface area contributed by atoms with Gasteiger partial charge in [0.25, 0.3) is 5.91 Å². The summed E-state index contributed by atoms with van der Waals surface area (Å²) in [5, 5.41) is 13.4. The van der Waals surface area contributed by atoms with Crippen molar-refractivity contribution in [1.82, 2.24) is 0 Å². The molecule has 1 amide bonds. The van der Waals surface area contributed by atoms with E-state index in [0.29, 0.717) is 22.3 Å². The highest BCUT2D eigenvalue weighted by molar-refractivity contribution is 6.30. The predicted molar refractivity (Wildman–Crippen MR) is 125 cm³/mol. The predicted octanol–water partition coefficient (Wildman–Crippen LogP) is 6.73. The van der Waals surface area contributed by atoms with E-state index in [1.165, 1.54) is 0 Å². The van der Waals surface area contributed by atoms with Crippen LogP contribution in [0.2, 0.25) is 10.0 Å². The molecule has 0 unspecified atom stereocenters. The Morgan fingerprint density at radius 1 is 1.00 bits per heavy atom. The Balaban J connectivity index is 1.76. The van der Waals surface area contributed by atoms with Gasteiger partial charge in [-0.15, -0.1) is 0 Å². The smallest absolute Gasteiger partial charge is 0.266 e. The summed E-state index contributed by atoms with van der Waals surface area (Å²) in [6, 6.07) is 19.9. The number of nitrogens with one attached hydrogen (secondary N) is 1. The standard InChI is InChI=1S/C25H20Cl2N2O2/c1-16-11-19(12-17(2)24(16)31-15-18-3-5-21(26)6-4-18)13-20(14-28)25(30)29-23-9-7-22(27)8-10-23/h3-13H,15H2,1-2H3,(H,29,30)/b20-13+. The second-order valence-corrected chi connectivity index (χ2v) is 7.90. The molecule has 156 valence electrons. The van der Waals surface area contributed by atoms with Crippen LogP contribution in [0.4, 0.5) is 5.69 Å². The van der Waals surface area contributed by atoms with Crippen molar-refractivity contribution >= 4 is 40.9 Å². The van der Waals surface area contributed by atoms with E-state index >= 15 is 0 Å². The maximum Gasteiger partial charge on any atom is 0.266 e. The summed E-state index contributed by atoms with van der Waals surface area (Å²) in [6.07, 6.45) is 1.56. The summed E-state index contributed by atoms with van der Waals surface area (Å²) in [4.78, 5) is 12.5. The van der Waals surface area contributed by atoms with Gasteiger partial charge < -0.3 is 10.1 Å². The Morgan fingerprint density at radius 2 is 1.55 bits per heavy atom. The van der Waals surface area contributed by atoms with Crippen LogP contribution in [0.1, 0.15) is 22.3 Å². The van der Waals surface area contributed by atoms with Crippen LogP contribution >= 0.6 is 23.2 Å². The van der Waals surface area contributed by atoms with Crippen molar-refractivity contribution in [3.05, 3.63) is 98.5 Å². The topological polar surface area (TPSA) is 62.1 Å². The summed E-state index contributed by atoms with van der Waals surface area (Å²) >= 11 is 11.8. The quantitative estimate of drug-likeness (QED) is 0.334. The molecule has 0 saturated carbocycles. The zero-order valence-corrected chi connectivity index (χ0v) is 18.6. The number of carbonyl (C=O) groups excluding carboxylic acids is 1. The summed E-state index contributed by atoms with van der Waals surface area (Å²) in [6.45, 7) is 4.28. The van der Waals surface area contributed by atoms with Crippen molar-refractivity contribution in [1.29, 1.82) is 5.26 Å². The Labute approximate surface area is 191 Å². The number of nitrogens with zero attached hydrogens (tertiary/aromatic N) is 1. The van der Waals surface area contributed by atoms with E-state index in [1.54, 1.807) is 30.3 Å². The minimum Gasteiger partial charge on any atom is -0.488 e. The van der Waals surface area contributed by atoms with Crippen molar-refractivity contribution in [3.63, 3.8) is 0 Å². The van der Waals surface area contributed by atoms with Gasteiger partial charge in [0, 0.05) is 15.7 Å². The number of aryl methyl sites for hydroxylation is 2. The number of hydrogen-bond donors (Lipinski definition) is 1. The molecular weight excluding hydrogens is 431 g/mol. The third-order valence-corrected chi connectivity index (χ3v) is 5.06. The molecule has 0 aliphatic carbocycles. The summed E-state index contributed by atoms with van der Waals surface area (Å²) in [7, 11) is 0. The van der Waals surface area contributed by atoms with Crippen molar-refractivity contribution in [2.75, 3.05) is 5.32 Å². The van der Waals surface area contributed by atoms with Crippen LogP contribution in [0.25, 0.3) is 6.08 Å². The van der Waals surface area contributed by atoms with Crippen LogP contribution in [-0.4, -0.2) is 5.91 Å². The van der Waals surface area contributed by atoms with Crippen LogP contribution in [0.3, 0.4) is 0 Å². The van der Waals surface area contributed by atoms with Crippen LogP contribution < -0.4 is 10.1 Å². The largest absolute Gasteiger partial charge is 0.488 e. The van der Waals surface area contributed by atoms with Crippen molar-refractivity contribution < 1.29 is 9.53 Å². The molecule has 3 aromatic rings. The van der Waals surface area contributed by atoms with E-state index in [4.69, 9.17) is 27.9 Å². The highest BCUT2D eigenvalue weighted by atomic mass is 35.5. The van der Waals surface area contributed by atoms with Gasteiger partial charge in [-0.25, -0.2) is 0 Å². The van der Waals surface area contributed by atoms with E-state index in [1.807, 2.05) is 56.3 Å². The number of amides is 1. The fourth-order valence-corrected chi connectivity index (χ4v) is 3.33. The minimum absolute atomic E-state index is 0.00332. The average molecular weight is 451 g/mol. The minimum atomic E-state index is -0.483. The van der Waals surface area contributed by atoms with E-state index in [-0.39, 0.29) is 5.57 Å². The second kappa shape index (κ2) is 10.2. The Kier molecular flexibility index (Phi) is 7.36. The van der Waals surface area contributed by atoms with Crippen molar-refractivity contribution in [3.8, 4) is 11.8 Å². The van der Waals surface area contributed by atoms with Gasteiger partial charge in [-0.1, -0.05) is 35.3 Å². The molecule has 0 spiro atoms. The molecule has 1 N–H and O–H groups in total. The van der Waals surface area contributed by atoms with E-state index in [0.717, 1.165) is 28.0 Å². The van der Waals surface area contributed by atoms with Crippen LogP contribution in [0, 0.1) is 25.2 Å². The fraction of sp³-hybridized carbons (Fsp3) is 0.120. The lowest BCUT2D eigenvalue weighted by molar-refractivity contribution is -0.112. The van der Waals surface area contributed by atoms with Crippen LogP contribution in [-0.2, 0) is 11.4 Å². The monoisotopic (exact) mass is 450 g/mol. The van der Waals surface area contributed by atoms with Gasteiger partial charge in [-0.3, -0.25) is 4.79 Å². The first kappa shape index (κ1) is 22.4.